The molecule has 0 amide bonds. The number of rotatable bonds is 7. The molecule has 0 bridgehead atoms. The second kappa shape index (κ2) is 7.24. The van der Waals surface area contributed by atoms with Crippen LogP contribution in [0.2, 0.25) is 0 Å². The van der Waals surface area contributed by atoms with Crippen LogP contribution in [0, 0.1) is 0 Å². The average molecular weight is 279 g/mol. The molecule has 0 saturated carbocycles. The number of pyridine rings is 1. The van der Waals surface area contributed by atoms with Crippen molar-refractivity contribution in [2.24, 2.45) is 0 Å². The van der Waals surface area contributed by atoms with Gasteiger partial charge in [0.15, 0.2) is 0 Å². The summed E-state index contributed by atoms with van der Waals surface area (Å²) >= 11 is 0. The quantitative estimate of drug-likeness (QED) is 0.803. The molecule has 5 nitrogen and oxygen atoms in total. The summed E-state index contributed by atoms with van der Waals surface area (Å²) in [4.78, 5) is 17.8. The largest absolute Gasteiger partial charge is 0.478 e. The minimum atomic E-state index is -0.918. The maximum Gasteiger partial charge on any atom is 0.335 e. The number of anilines is 1. The number of nitrogens with one attached hydrogen (secondary N) is 1. The molecule has 0 saturated heterocycles. The van der Waals surface area contributed by atoms with Crippen molar-refractivity contribution in [1.29, 1.82) is 0 Å². The molecular formula is C15H25N3O2. The van der Waals surface area contributed by atoms with Crippen molar-refractivity contribution in [3.63, 3.8) is 0 Å². The van der Waals surface area contributed by atoms with Gasteiger partial charge in [-0.3, -0.25) is 0 Å². The van der Waals surface area contributed by atoms with Gasteiger partial charge in [0.25, 0.3) is 0 Å². The summed E-state index contributed by atoms with van der Waals surface area (Å²) in [6, 6.07) is 3.48. The number of carboxylic acid groups (broad SMARTS) is 1. The number of nitrogens with zero attached hydrogens (tertiary/aromatic N) is 2. The molecule has 0 radical (unpaired) electrons. The standard InChI is InChI=1S/C15H25N3O2/c1-10(2)13-8-12(15(19)20)9-14(17-13)16-11(3)6-7-18(4)5/h8-11H,6-7H2,1-5H3,(H,16,17)(H,19,20). The van der Waals surface area contributed by atoms with Crippen LogP contribution in [0.15, 0.2) is 12.1 Å². The van der Waals surface area contributed by atoms with E-state index >= 15 is 0 Å². The maximum atomic E-state index is 11.2. The molecule has 1 rings (SSSR count). The molecule has 0 spiro atoms. The van der Waals surface area contributed by atoms with Crippen LogP contribution in [0.3, 0.4) is 0 Å². The molecule has 5 heteroatoms. The average Bonchev–Trinajstić information content (AvgIpc) is 2.35. The third-order valence-electron chi connectivity index (χ3n) is 3.09. The first-order valence-electron chi connectivity index (χ1n) is 6.96. The molecule has 1 aromatic rings. The molecule has 1 unspecified atom stereocenters. The van der Waals surface area contributed by atoms with Crippen molar-refractivity contribution >= 4 is 11.8 Å². The topological polar surface area (TPSA) is 65.5 Å². The fourth-order valence-corrected chi connectivity index (χ4v) is 1.82. The first kappa shape index (κ1) is 16.4. The van der Waals surface area contributed by atoms with Crippen LogP contribution in [0.1, 0.15) is 49.2 Å². The highest BCUT2D eigenvalue weighted by Crippen LogP contribution is 2.18. The SMILES string of the molecule is CC(CCN(C)C)Nc1cc(C(=O)O)cc(C(C)C)n1. The summed E-state index contributed by atoms with van der Waals surface area (Å²) in [6.07, 6.45) is 0.975. The second-order valence-electron chi connectivity index (χ2n) is 5.76. The number of aromatic carboxylic acids is 1. The fraction of sp³-hybridized carbons (Fsp3) is 0.600. The zero-order valence-electron chi connectivity index (χ0n) is 13.0. The summed E-state index contributed by atoms with van der Waals surface area (Å²) in [5.74, 6) is -0.0786. The van der Waals surface area contributed by atoms with Gasteiger partial charge in [-0.2, -0.15) is 0 Å². The molecule has 20 heavy (non-hydrogen) atoms. The molecule has 1 heterocycles. The molecule has 1 atom stereocenters. The van der Waals surface area contributed by atoms with Gasteiger partial charge >= 0.3 is 5.97 Å². The van der Waals surface area contributed by atoms with E-state index in [1.807, 2.05) is 27.9 Å². The van der Waals surface area contributed by atoms with Crippen LogP contribution in [-0.2, 0) is 0 Å². The zero-order chi connectivity index (χ0) is 15.3. The van der Waals surface area contributed by atoms with E-state index < -0.39 is 5.97 Å². The molecule has 0 aliphatic rings. The molecule has 0 fully saturated rings. The third kappa shape index (κ3) is 5.17. The Balaban J connectivity index is 2.85. The molecule has 2 N–H and O–H groups in total. The molecule has 112 valence electrons. The van der Waals surface area contributed by atoms with Crippen LogP contribution in [0.4, 0.5) is 5.82 Å². The second-order valence-corrected chi connectivity index (χ2v) is 5.76. The number of carbonyl (C=O) groups is 1. The van der Waals surface area contributed by atoms with E-state index in [-0.39, 0.29) is 17.5 Å². The van der Waals surface area contributed by atoms with Crippen molar-refractivity contribution in [3.05, 3.63) is 23.4 Å². The van der Waals surface area contributed by atoms with Gasteiger partial charge in [-0.15, -0.1) is 0 Å². The Hall–Kier alpha value is -1.62. The summed E-state index contributed by atoms with van der Waals surface area (Å²) in [6.45, 7) is 7.07. The summed E-state index contributed by atoms with van der Waals surface area (Å²) in [7, 11) is 4.07. The van der Waals surface area contributed by atoms with E-state index in [2.05, 4.69) is 22.1 Å². The normalized spacial score (nSPS) is 12.8. The van der Waals surface area contributed by atoms with Gasteiger partial charge in [0.1, 0.15) is 5.82 Å². The van der Waals surface area contributed by atoms with Gasteiger partial charge in [0, 0.05) is 11.7 Å². The lowest BCUT2D eigenvalue weighted by Gasteiger charge is -2.18. The van der Waals surface area contributed by atoms with Crippen molar-refractivity contribution in [1.82, 2.24) is 9.88 Å². The Morgan fingerprint density at radius 3 is 2.50 bits per heavy atom. The van der Waals surface area contributed by atoms with Crippen molar-refractivity contribution < 1.29 is 9.90 Å². The number of carboxylic acids is 1. The van der Waals surface area contributed by atoms with E-state index in [0.717, 1.165) is 18.7 Å². The van der Waals surface area contributed by atoms with Gasteiger partial charge in [-0.05, 0) is 52.0 Å². The summed E-state index contributed by atoms with van der Waals surface area (Å²) < 4.78 is 0. The lowest BCUT2D eigenvalue weighted by atomic mass is 10.1. The van der Waals surface area contributed by atoms with E-state index in [4.69, 9.17) is 5.11 Å². The minimum absolute atomic E-state index is 0.201. The Morgan fingerprint density at radius 1 is 1.35 bits per heavy atom. The zero-order valence-corrected chi connectivity index (χ0v) is 13.0. The van der Waals surface area contributed by atoms with Crippen LogP contribution >= 0.6 is 0 Å². The van der Waals surface area contributed by atoms with Crippen molar-refractivity contribution in [2.75, 3.05) is 26.0 Å². The van der Waals surface area contributed by atoms with Gasteiger partial charge in [-0.1, -0.05) is 13.8 Å². The number of hydrogen-bond donors (Lipinski definition) is 2. The lowest BCUT2D eigenvalue weighted by molar-refractivity contribution is 0.0696. The molecule has 0 aliphatic heterocycles. The van der Waals surface area contributed by atoms with Crippen LogP contribution in [0.5, 0.6) is 0 Å². The van der Waals surface area contributed by atoms with Gasteiger partial charge < -0.3 is 15.3 Å². The maximum absolute atomic E-state index is 11.2. The Bertz CT molecular complexity index is 458. The van der Waals surface area contributed by atoms with Gasteiger partial charge in [-0.25, -0.2) is 9.78 Å². The number of aromatic nitrogens is 1. The minimum Gasteiger partial charge on any atom is -0.478 e. The third-order valence-corrected chi connectivity index (χ3v) is 3.09. The fourth-order valence-electron chi connectivity index (χ4n) is 1.82. The van der Waals surface area contributed by atoms with Crippen molar-refractivity contribution in [2.45, 2.75) is 39.2 Å². The van der Waals surface area contributed by atoms with Gasteiger partial charge in [0.05, 0.1) is 5.56 Å². The van der Waals surface area contributed by atoms with E-state index in [9.17, 15) is 4.79 Å². The first-order valence-corrected chi connectivity index (χ1v) is 6.96. The van der Waals surface area contributed by atoms with E-state index in [1.54, 1.807) is 12.1 Å². The van der Waals surface area contributed by atoms with E-state index in [0.29, 0.717) is 5.82 Å². The predicted octanol–water partition coefficient (Wildman–Crippen LogP) is 2.66. The highest BCUT2D eigenvalue weighted by molar-refractivity contribution is 5.88. The molecule has 0 aliphatic carbocycles. The van der Waals surface area contributed by atoms with Gasteiger partial charge in [0.2, 0.25) is 0 Å². The molecule has 0 aromatic carbocycles. The van der Waals surface area contributed by atoms with Crippen LogP contribution in [0.25, 0.3) is 0 Å². The molecule has 1 aromatic heterocycles. The number of hydrogen-bond acceptors (Lipinski definition) is 4. The lowest BCUT2D eigenvalue weighted by Crippen LogP contribution is -2.23. The Kier molecular flexibility index (Phi) is 5.95. The highest BCUT2D eigenvalue weighted by atomic mass is 16.4. The summed E-state index contributed by atoms with van der Waals surface area (Å²) in [5.41, 5.74) is 1.08. The van der Waals surface area contributed by atoms with Crippen molar-refractivity contribution in [3.8, 4) is 0 Å². The highest BCUT2D eigenvalue weighted by Gasteiger charge is 2.12. The Morgan fingerprint density at radius 2 is 2.00 bits per heavy atom. The summed E-state index contributed by atoms with van der Waals surface area (Å²) in [5, 5.41) is 12.5. The monoisotopic (exact) mass is 279 g/mol. The van der Waals surface area contributed by atoms with E-state index in [1.165, 1.54) is 0 Å². The van der Waals surface area contributed by atoms with Crippen LogP contribution in [-0.4, -0.2) is 47.6 Å². The predicted molar refractivity (Wildman–Crippen MR) is 81.5 cm³/mol. The van der Waals surface area contributed by atoms with Crippen LogP contribution < -0.4 is 5.32 Å². The smallest absolute Gasteiger partial charge is 0.335 e. The Labute approximate surface area is 121 Å². The first-order chi connectivity index (χ1) is 9.29. The molecular weight excluding hydrogens is 254 g/mol.